The van der Waals surface area contributed by atoms with E-state index in [1.807, 2.05) is 13.0 Å². The molecule has 114 valence electrons. The molecule has 1 aliphatic rings. The summed E-state index contributed by atoms with van der Waals surface area (Å²) in [4.78, 5) is 16.3. The number of nitrogens with one attached hydrogen (secondary N) is 1. The van der Waals surface area contributed by atoms with E-state index >= 15 is 0 Å². The van der Waals surface area contributed by atoms with Crippen LogP contribution < -0.4 is 5.32 Å². The number of hydrogen-bond donors (Lipinski definition) is 1. The van der Waals surface area contributed by atoms with Gasteiger partial charge in [0.05, 0.1) is 25.6 Å². The summed E-state index contributed by atoms with van der Waals surface area (Å²) in [5.41, 5.74) is 0. The first-order chi connectivity index (χ1) is 9.67. The van der Waals surface area contributed by atoms with Crippen molar-refractivity contribution in [2.24, 2.45) is 0 Å². The van der Waals surface area contributed by atoms with Gasteiger partial charge in [-0.15, -0.1) is 0 Å². The van der Waals surface area contributed by atoms with Gasteiger partial charge in [-0.25, -0.2) is 0 Å². The fourth-order valence-corrected chi connectivity index (χ4v) is 2.39. The van der Waals surface area contributed by atoms with Gasteiger partial charge in [0.1, 0.15) is 0 Å². The topological polar surface area (TPSA) is 68.6 Å². The molecule has 1 N–H and O–H groups in total. The van der Waals surface area contributed by atoms with E-state index in [1.165, 1.54) is 0 Å². The lowest BCUT2D eigenvalue weighted by Crippen LogP contribution is -2.54. The second-order valence-electron chi connectivity index (χ2n) is 5.08. The molecule has 1 fully saturated rings. The molecule has 6 heteroatoms. The van der Waals surface area contributed by atoms with E-state index < -0.39 is 0 Å². The molecule has 1 aliphatic heterocycles. The zero-order valence-electron chi connectivity index (χ0n) is 12.6. The van der Waals surface area contributed by atoms with Crippen LogP contribution in [0.1, 0.15) is 20.3 Å². The number of rotatable bonds is 8. The van der Waals surface area contributed by atoms with Crippen LogP contribution in [0.15, 0.2) is 0 Å². The smallest absolute Gasteiger partial charge is 0.234 e. The zero-order chi connectivity index (χ0) is 14.8. The van der Waals surface area contributed by atoms with E-state index in [2.05, 4.69) is 22.0 Å². The Morgan fingerprint density at radius 2 is 2.30 bits per heavy atom. The fourth-order valence-electron chi connectivity index (χ4n) is 2.39. The van der Waals surface area contributed by atoms with Crippen molar-refractivity contribution in [2.75, 3.05) is 52.5 Å². The maximum Gasteiger partial charge on any atom is 0.234 e. The summed E-state index contributed by atoms with van der Waals surface area (Å²) in [6.07, 6.45) is 0.368. The fraction of sp³-hybridized carbons (Fsp3) is 0.857. The van der Waals surface area contributed by atoms with Gasteiger partial charge in [0.2, 0.25) is 5.91 Å². The number of carbonyl (C=O) groups is 1. The summed E-state index contributed by atoms with van der Waals surface area (Å²) in [7, 11) is 0. The molecule has 0 radical (unpaired) electrons. The maximum atomic E-state index is 11.7. The molecule has 0 aromatic rings. The predicted octanol–water partition coefficient (Wildman–Crippen LogP) is 0.0589. The van der Waals surface area contributed by atoms with E-state index in [1.54, 1.807) is 0 Å². The standard InChI is InChI=1S/C14H26N4O2/c1-3-20-10-9-18-8-7-17(11-13(18)2)12-14(19)16-6-4-5-15/h13H,3-4,6-12H2,1-2H3,(H,16,19)/t13-/m0/s1. The van der Waals surface area contributed by atoms with Crippen molar-refractivity contribution in [1.29, 1.82) is 5.26 Å². The number of ether oxygens (including phenoxy) is 1. The molecule has 6 nitrogen and oxygen atoms in total. The quantitative estimate of drug-likeness (QED) is 0.638. The highest BCUT2D eigenvalue weighted by Gasteiger charge is 2.24. The lowest BCUT2D eigenvalue weighted by molar-refractivity contribution is -0.122. The molecule has 0 aromatic carbocycles. The van der Waals surface area contributed by atoms with Crippen molar-refractivity contribution in [3.63, 3.8) is 0 Å². The maximum absolute atomic E-state index is 11.7. The molecule has 1 rings (SSSR count). The third kappa shape index (κ3) is 6.33. The Morgan fingerprint density at radius 3 is 2.95 bits per heavy atom. The van der Waals surface area contributed by atoms with Gasteiger partial charge in [-0.2, -0.15) is 5.26 Å². The van der Waals surface area contributed by atoms with E-state index in [0.29, 0.717) is 25.6 Å². The van der Waals surface area contributed by atoms with Gasteiger partial charge >= 0.3 is 0 Å². The highest BCUT2D eigenvalue weighted by Crippen LogP contribution is 2.08. The monoisotopic (exact) mass is 282 g/mol. The molecular weight excluding hydrogens is 256 g/mol. The molecule has 0 bridgehead atoms. The average Bonchev–Trinajstić information content (AvgIpc) is 2.42. The van der Waals surface area contributed by atoms with E-state index in [-0.39, 0.29) is 5.91 Å². The Hall–Kier alpha value is -1.16. The van der Waals surface area contributed by atoms with E-state index in [4.69, 9.17) is 10.00 Å². The first kappa shape index (κ1) is 16.9. The van der Waals surface area contributed by atoms with E-state index in [9.17, 15) is 4.79 Å². The van der Waals surface area contributed by atoms with Crippen LogP contribution in [0.4, 0.5) is 0 Å². The largest absolute Gasteiger partial charge is 0.380 e. The van der Waals surface area contributed by atoms with Crippen LogP contribution in [-0.2, 0) is 9.53 Å². The summed E-state index contributed by atoms with van der Waals surface area (Å²) in [5, 5.41) is 11.2. The molecule has 1 atom stereocenters. The Labute approximate surface area is 121 Å². The Balaban J connectivity index is 2.22. The summed E-state index contributed by atoms with van der Waals surface area (Å²) in [6.45, 7) is 10.3. The van der Waals surface area contributed by atoms with Crippen molar-refractivity contribution in [2.45, 2.75) is 26.3 Å². The van der Waals surface area contributed by atoms with Crippen LogP contribution >= 0.6 is 0 Å². The van der Waals surface area contributed by atoms with Crippen LogP contribution in [0.3, 0.4) is 0 Å². The first-order valence-electron chi connectivity index (χ1n) is 7.35. The minimum atomic E-state index is 0.00946. The molecular formula is C14H26N4O2. The van der Waals surface area contributed by atoms with Gasteiger partial charge in [-0.3, -0.25) is 14.6 Å². The first-order valence-corrected chi connectivity index (χ1v) is 7.35. The average molecular weight is 282 g/mol. The second-order valence-corrected chi connectivity index (χ2v) is 5.08. The van der Waals surface area contributed by atoms with Crippen molar-refractivity contribution < 1.29 is 9.53 Å². The molecule has 0 spiro atoms. The molecule has 1 saturated heterocycles. The van der Waals surface area contributed by atoms with Crippen LogP contribution in [0.5, 0.6) is 0 Å². The van der Waals surface area contributed by atoms with Gasteiger partial charge in [0.15, 0.2) is 0 Å². The third-order valence-corrected chi connectivity index (χ3v) is 3.50. The lowest BCUT2D eigenvalue weighted by atomic mass is 10.2. The predicted molar refractivity (Wildman–Crippen MR) is 77.2 cm³/mol. The molecule has 20 heavy (non-hydrogen) atoms. The minimum absolute atomic E-state index is 0.00946. The summed E-state index contributed by atoms with van der Waals surface area (Å²) in [6, 6.07) is 2.46. The number of carbonyl (C=O) groups excluding carboxylic acids is 1. The second kappa shape index (κ2) is 9.70. The minimum Gasteiger partial charge on any atom is -0.380 e. The van der Waals surface area contributed by atoms with Crippen molar-refractivity contribution in [3.8, 4) is 6.07 Å². The lowest BCUT2D eigenvalue weighted by Gasteiger charge is -2.39. The van der Waals surface area contributed by atoms with Crippen LogP contribution in [0.25, 0.3) is 0 Å². The summed E-state index contributed by atoms with van der Waals surface area (Å²) >= 11 is 0. The number of amides is 1. The van der Waals surface area contributed by atoms with Gasteiger partial charge in [-0.1, -0.05) is 0 Å². The van der Waals surface area contributed by atoms with Gasteiger partial charge < -0.3 is 10.1 Å². The highest BCUT2D eigenvalue weighted by molar-refractivity contribution is 5.78. The van der Waals surface area contributed by atoms with E-state index in [0.717, 1.165) is 39.4 Å². The number of nitrogens with zero attached hydrogens (tertiary/aromatic N) is 3. The molecule has 1 amide bonds. The van der Waals surface area contributed by atoms with Gasteiger partial charge in [0, 0.05) is 45.4 Å². The SMILES string of the molecule is CCOCCN1CCN(CC(=O)NCCC#N)C[C@@H]1C. The van der Waals surface area contributed by atoms with Crippen LogP contribution in [-0.4, -0.2) is 74.2 Å². The Bertz CT molecular complexity index is 330. The summed E-state index contributed by atoms with van der Waals surface area (Å²) in [5.74, 6) is 0.00946. The normalized spacial score (nSPS) is 20.6. The summed E-state index contributed by atoms with van der Waals surface area (Å²) < 4.78 is 5.39. The van der Waals surface area contributed by atoms with Crippen LogP contribution in [0.2, 0.25) is 0 Å². The molecule has 0 saturated carbocycles. The Kier molecular flexibility index (Phi) is 8.19. The molecule has 1 heterocycles. The Morgan fingerprint density at radius 1 is 1.50 bits per heavy atom. The number of piperazine rings is 1. The number of hydrogen-bond acceptors (Lipinski definition) is 5. The molecule has 0 unspecified atom stereocenters. The van der Waals surface area contributed by atoms with Crippen LogP contribution in [0, 0.1) is 11.3 Å². The van der Waals surface area contributed by atoms with Gasteiger partial charge in [0.25, 0.3) is 0 Å². The van der Waals surface area contributed by atoms with Gasteiger partial charge in [-0.05, 0) is 13.8 Å². The zero-order valence-corrected chi connectivity index (χ0v) is 12.6. The molecule has 0 aromatic heterocycles. The number of nitriles is 1. The van der Waals surface area contributed by atoms with Crippen molar-refractivity contribution >= 4 is 5.91 Å². The third-order valence-electron chi connectivity index (χ3n) is 3.50. The highest BCUT2D eigenvalue weighted by atomic mass is 16.5. The molecule has 0 aliphatic carbocycles. The van der Waals surface area contributed by atoms with Crippen molar-refractivity contribution in [3.05, 3.63) is 0 Å². The van der Waals surface area contributed by atoms with Crippen molar-refractivity contribution in [1.82, 2.24) is 15.1 Å².